The number of aliphatic hydroxyl groups is 1. The maximum Gasteiger partial charge on any atom is 0.251 e. The normalized spacial score (nSPS) is 13.2. The van der Waals surface area contributed by atoms with Gasteiger partial charge >= 0.3 is 0 Å². The van der Waals surface area contributed by atoms with E-state index in [1.165, 1.54) is 30.6 Å². The molecule has 128 valence electrons. The molecule has 3 aromatic rings. The number of aromatic amines is 1. The molecule has 0 aliphatic rings. The number of nitrogens with zero attached hydrogens (tertiary/aromatic N) is 2. The van der Waals surface area contributed by atoms with Crippen LogP contribution in [-0.4, -0.2) is 32.2 Å². The van der Waals surface area contributed by atoms with Crippen molar-refractivity contribution in [2.24, 2.45) is 0 Å². The minimum Gasteiger partial charge on any atom is -0.386 e. The van der Waals surface area contributed by atoms with Gasteiger partial charge in [0.15, 0.2) is 5.82 Å². The molecule has 1 aromatic heterocycles. The minimum absolute atomic E-state index is 0.324. The number of carbonyl (C=O) groups excluding carboxylic acids is 1. The molecule has 0 fully saturated rings. The van der Waals surface area contributed by atoms with E-state index in [9.17, 15) is 14.3 Å². The lowest BCUT2D eigenvalue weighted by molar-refractivity contribution is 0.0852. The van der Waals surface area contributed by atoms with Gasteiger partial charge in [-0.3, -0.25) is 9.89 Å². The van der Waals surface area contributed by atoms with Crippen LogP contribution in [0.2, 0.25) is 0 Å². The van der Waals surface area contributed by atoms with E-state index in [1.54, 1.807) is 25.1 Å². The van der Waals surface area contributed by atoms with E-state index in [4.69, 9.17) is 0 Å². The number of benzene rings is 2. The lowest BCUT2D eigenvalue weighted by atomic mass is 10.0. The minimum atomic E-state index is -0.943. The molecular formula is C18H17FN4O2. The van der Waals surface area contributed by atoms with E-state index < -0.39 is 12.1 Å². The second-order valence-corrected chi connectivity index (χ2v) is 5.67. The molecule has 0 saturated carbocycles. The van der Waals surface area contributed by atoms with Crippen LogP contribution < -0.4 is 5.32 Å². The third-order valence-electron chi connectivity index (χ3n) is 3.86. The van der Waals surface area contributed by atoms with Gasteiger partial charge in [0.2, 0.25) is 0 Å². The molecule has 0 spiro atoms. The Morgan fingerprint density at radius 2 is 2.00 bits per heavy atom. The fraction of sp³-hybridized carbons (Fsp3) is 0.167. The monoisotopic (exact) mass is 340 g/mol. The Bertz CT molecular complexity index is 850. The third-order valence-corrected chi connectivity index (χ3v) is 3.86. The number of aliphatic hydroxyl groups excluding tert-OH is 1. The zero-order valence-corrected chi connectivity index (χ0v) is 13.5. The molecule has 25 heavy (non-hydrogen) atoms. The van der Waals surface area contributed by atoms with Crippen molar-refractivity contribution < 1.29 is 14.3 Å². The number of halogens is 1. The Balaban J connectivity index is 1.71. The highest BCUT2D eigenvalue weighted by Gasteiger charge is 2.19. The smallest absolute Gasteiger partial charge is 0.251 e. The van der Waals surface area contributed by atoms with Crippen molar-refractivity contribution in [2.75, 3.05) is 0 Å². The largest absolute Gasteiger partial charge is 0.386 e. The first kappa shape index (κ1) is 16.8. The topological polar surface area (TPSA) is 90.9 Å². The zero-order valence-electron chi connectivity index (χ0n) is 13.5. The third kappa shape index (κ3) is 3.89. The second kappa shape index (κ2) is 7.23. The molecule has 0 aliphatic heterocycles. The zero-order chi connectivity index (χ0) is 17.8. The molecule has 2 unspecified atom stereocenters. The van der Waals surface area contributed by atoms with Crippen molar-refractivity contribution in [3.05, 3.63) is 71.8 Å². The van der Waals surface area contributed by atoms with Gasteiger partial charge in [0.25, 0.3) is 5.91 Å². The SMILES string of the molecule is CC(NC(=O)c1cccc(-c2ncn[nH]2)c1)C(O)c1ccc(F)cc1. The van der Waals surface area contributed by atoms with Gasteiger partial charge in [-0.25, -0.2) is 9.37 Å². The van der Waals surface area contributed by atoms with E-state index in [0.29, 0.717) is 17.0 Å². The van der Waals surface area contributed by atoms with E-state index >= 15 is 0 Å². The number of hydrogen-bond donors (Lipinski definition) is 3. The summed E-state index contributed by atoms with van der Waals surface area (Å²) in [5, 5.41) is 19.6. The van der Waals surface area contributed by atoms with Gasteiger partial charge in [-0.15, -0.1) is 0 Å². The summed E-state index contributed by atoms with van der Waals surface area (Å²) in [7, 11) is 0. The van der Waals surface area contributed by atoms with Crippen LogP contribution in [0.4, 0.5) is 4.39 Å². The van der Waals surface area contributed by atoms with Crippen molar-refractivity contribution in [2.45, 2.75) is 19.1 Å². The van der Waals surface area contributed by atoms with Gasteiger partial charge < -0.3 is 10.4 Å². The molecule has 1 amide bonds. The van der Waals surface area contributed by atoms with E-state index in [2.05, 4.69) is 20.5 Å². The number of hydrogen-bond acceptors (Lipinski definition) is 4. The van der Waals surface area contributed by atoms with E-state index in [-0.39, 0.29) is 11.7 Å². The van der Waals surface area contributed by atoms with E-state index in [0.717, 1.165) is 5.56 Å². The summed E-state index contributed by atoms with van der Waals surface area (Å²) in [5.74, 6) is -0.138. The van der Waals surface area contributed by atoms with Gasteiger partial charge in [-0.05, 0) is 36.8 Å². The highest BCUT2D eigenvalue weighted by molar-refractivity contribution is 5.95. The first-order chi connectivity index (χ1) is 12.0. The second-order valence-electron chi connectivity index (χ2n) is 5.67. The molecule has 0 radical (unpaired) electrons. The molecule has 7 heteroatoms. The molecule has 0 saturated heterocycles. The van der Waals surface area contributed by atoms with Gasteiger partial charge in [0.05, 0.1) is 12.1 Å². The fourth-order valence-electron chi connectivity index (χ4n) is 2.47. The van der Waals surface area contributed by atoms with Gasteiger partial charge in [0, 0.05) is 11.1 Å². The predicted octanol–water partition coefficient (Wildman–Crippen LogP) is 2.46. The molecular weight excluding hydrogens is 323 g/mol. The Morgan fingerprint density at radius 3 is 2.68 bits per heavy atom. The molecule has 0 aliphatic carbocycles. The Kier molecular flexibility index (Phi) is 4.85. The summed E-state index contributed by atoms with van der Waals surface area (Å²) in [4.78, 5) is 16.5. The van der Waals surface area contributed by atoms with Crippen LogP contribution in [0, 0.1) is 5.82 Å². The predicted molar refractivity (Wildman–Crippen MR) is 90.1 cm³/mol. The molecule has 6 nitrogen and oxygen atoms in total. The lowest BCUT2D eigenvalue weighted by Crippen LogP contribution is -2.37. The number of rotatable bonds is 5. The highest BCUT2D eigenvalue weighted by Crippen LogP contribution is 2.19. The molecule has 1 heterocycles. The van der Waals surface area contributed by atoms with Gasteiger partial charge in [-0.1, -0.05) is 24.3 Å². The summed E-state index contributed by atoms with van der Waals surface area (Å²) < 4.78 is 13.0. The number of amides is 1. The highest BCUT2D eigenvalue weighted by atomic mass is 19.1. The Labute approximate surface area is 143 Å². The summed E-state index contributed by atoms with van der Waals surface area (Å²) in [6.07, 6.45) is 0.449. The van der Waals surface area contributed by atoms with Crippen molar-refractivity contribution >= 4 is 5.91 Å². The van der Waals surface area contributed by atoms with Crippen LogP contribution in [0.25, 0.3) is 11.4 Å². The maximum absolute atomic E-state index is 13.0. The number of H-pyrrole nitrogens is 1. The van der Waals surface area contributed by atoms with Crippen molar-refractivity contribution in [1.29, 1.82) is 0 Å². The van der Waals surface area contributed by atoms with Crippen LogP contribution in [0.15, 0.2) is 54.9 Å². The standard InChI is InChI=1S/C18H17FN4O2/c1-11(16(24)12-5-7-15(19)8-6-12)22-18(25)14-4-2-3-13(9-14)17-20-10-21-23-17/h2-11,16,24H,1H3,(H,22,25)(H,20,21,23). The molecule has 0 bridgehead atoms. The Hall–Kier alpha value is -3.06. The average Bonchev–Trinajstić information content (AvgIpc) is 3.16. The number of aromatic nitrogens is 3. The summed E-state index contributed by atoms with van der Waals surface area (Å²) in [6.45, 7) is 1.69. The summed E-state index contributed by atoms with van der Waals surface area (Å²) >= 11 is 0. The van der Waals surface area contributed by atoms with Crippen LogP contribution in [0.5, 0.6) is 0 Å². The summed E-state index contributed by atoms with van der Waals surface area (Å²) in [5.41, 5.74) is 1.70. The molecule has 3 rings (SSSR count). The number of carbonyl (C=O) groups is 1. The first-order valence-electron chi connectivity index (χ1n) is 7.75. The van der Waals surface area contributed by atoms with E-state index in [1.807, 2.05) is 6.07 Å². The number of nitrogens with one attached hydrogen (secondary N) is 2. The fourth-order valence-corrected chi connectivity index (χ4v) is 2.47. The van der Waals surface area contributed by atoms with Gasteiger partial charge in [-0.2, -0.15) is 5.10 Å². The molecule has 3 N–H and O–H groups in total. The van der Waals surface area contributed by atoms with Crippen LogP contribution >= 0.6 is 0 Å². The van der Waals surface area contributed by atoms with Crippen molar-refractivity contribution in [3.63, 3.8) is 0 Å². The van der Waals surface area contributed by atoms with Crippen molar-refractivity contribution in [1.82, 2.24) is 20.5 Å². The first-order valence-corrected chi connectivity index (χ1v) is 7.75. The molecule has 2 aromatic carbocycles. The summed E-state index contributed by atoms with van der Waals surface area (Å²) in [6, 6.07) is 11.9. The van der Waals surface area contributed by atoms with Crippen LogP contribution in [0.3, 0.4) is 0 Å². The quantitative estimate of drug-likeness (QED) is 0.665. The average molecular weight is 340 g/mol. The maximum atomic E-state index is 13.0. The Morgan fingerprint density at radius 1 is 1.24 bits per heavy atom. The van der Waals surface area contributed by atoms with Crippen molar-refractivity contribution in [3.8, 4) is 11.4 Å². The van der Waals surface area contributed by atoms with Crippen LogP contribution in [-0.2, 0) is 0 Å². The van der Waals surface area contributed by atoms with Crippen LogP contribution in [0.1, 0.15) is 28.9 Å². The molecule has 2 atom stereocenters. The lowest BCUT2D eigenvalue weighted by Gasteiger charge is -2.20. The van der Waals surface area contributed by atoms with Gasteiger partial charge in [0.1, 0.15) is 12.1 Å².